The monoisotopic (exact) mass is 348 g/mol. The molecule has 6 nitrogen and oxygen atoms in total. The second-order valence-electron chi connectivity index (χ2n) is 6.79. The molecule has 0 saturated carbocycles. The predicted molar refractivity (Wildman–Crippen MR) is 95.3 cm³/mol. The number of amides is 1. The van der Waals surface area contributed by atoms with Gasteiger partial charge in [0.2, 0.25) is 5.91 Å². The maximum absolute atomic E-state index is 11.2. The van der Waals surface area contributed by atoms with Crippen LogP contribution >= 0.6 is 0 Å². The van der Waals surface area contributed by atoms with Crippen molar-refractivity contribution in [3.63, 3.8) is 0 Å². The Morgan fingerprint density at radius 3 is 2.48 bits per heavy atom. The molecule has 1 aliphatic heterocycles. The van der Waals surface area contributed by atoms with Crippen molar-refractivity contribution in [2.24, 2.45) is 11.7 Å². The van der Waals surface area contributed by atoms with Crippen molar-refractivity contribution < 1.29 is 19.4 Å². The van der Waals surface area contributed by atoms with E-state index in [0.717, 1.165) is 37.9 Å². The molecule has 1 amide bonds. The minimum atomic E-state index is -0.581. The second-order valence-corrected chi connectivity index (χ2v) is 6.79. The Bertz CT molecular complexity index is 565. The van der Waals surface area contributed by atoms with E-state index in [9.17, 15) is 14.7 Å². The maximum atomic E-state index is 11.2. The molecule has 0 radical (unpaired) electrons. The summed E-state index contributed by atoms with van der Waals surface area (Å²) >= 11 is 0. The van der Waals surface area contributed by atoms with Gasteiger partial charge in [0.1, 0.15) is 24.2 Å². The average molecular weight is 348 g/mol. The minimum Gasteiger partial charge on any atom is -0.491 e. The summed E-state index contributed by atoms with van der Waals surface area (Å²) in [6.07, 6.45) is 2.21. The number of aliphatic hydroxyl groups is 1. The van der Waals surface area contributed by atoms with Crippen LogP contribution in [-0.4, -0.2) is 54.0 Å². The van der Waals surface area contributed by atoms with E-state index < -0.39 is 6.10 Å². The number of piperidine rings is 1. The van der Waals surface area contributed by atoms with Crippen LogP contribution in [0.2, 0.25) is 0 Å². The molecule has 0 bridgehead atoms. The van der Waals surface area contributed by atoms with E-state index in [1.54, 1.807) is 6.92 Å². The zero-order valence-electron chi connectivity index (χ0n) is 14.8. The van der Waals surface area contributed by atoms with Gasteiger partial charge in [0, 0.05) is 18.9 Å². The Labute approximate surface area is 149 Å². The smallest absolute Gasteiger partial charge is 0.220 e. The van der Waals surface area contributed by atoms with Crippen LogP contribution in [0.4, 0.5) is 0 Å². The first-order chi connectivity index (χ1) is 11.9. The third-order valence-electron chi connectivity index (χ3n) is 4.59. The first-order valence-electron chi connectivity index (χ1n) is 8.85. The van der Waals surface area contributed by atoms with Crippen LogP contribution in [0, 0.1) is 5.92 Å². The third kappa shape index (κ3) is 6.84. The Hall–Kier alpha value is -1.92. The number of ether oxygens (including phenoxy) is 1. The molecule has 0 unspecified atom stereocenters. The Morgan fingerprint density at radius 2 is 1.92 bits per heavy atom. The highest BCUT2D eigenvalue weighted by atomic mass is 16.5. The molecule has 1 aliphatic rings. The number of rotatable bonds is 9. The number of aliphatic hydroxyl groups excluding tert-OH is 1. The van der Waals surface area contributed by atoms with Gasteiger partial charge in [-0.1, -0.05) is 12.1 Å². The highest BCUT2D eigenvalue weighted by Gasteiger charge is 2.24. The van der Waals surface area contributed by atoms with Crippen LogP contribution in [0.5, 0.6) is 5.75 Å². The van der Waals surface area contributed by atoms with E-state index in [1.807, 2.05) is 24.3 Å². The SMILES string of the molecule is CC(=O)CCc1ccc(OC[C@H](O)CN2CCC(C(N)=O)CC2)cc1. The fourth-order valence-electron chi connectivity index (χ4n) is 3.02. The summed E-state index contributed by atoms with van der Waals surface area (Å²) < 4.78 is 5.63. The molecule has 3 N–H and O–H groups in total. The van der Waals surface area contributed by atoms with Crippen LogP contribution in [0.1, 0.15) is 31.7 Å². The predicted octanol–water partition coefficient (Wildman–Crippen LogP) is 1.15. The quantitative estimate of drug-likeness (QED) is 0.698. The highest BCUT2D eigenvalue weighted by Crippen LogP contribution is 2.17. The Balaban J connectivity index is 1.68. The van der Waals surface area contributed by atoms with Gasteiger partial charge in [-0.15, -0.1) is 0 Å². The van der Waals surface area contributed by atoms with E-state index >= 15 is 0 Å². The molecule has 0 aliphatic carbocycles. The molecule has 0 aromatic heterocycles. The molecular weight excluding hydrogens is 320 g/mol. The summed E-state index contributed by atoms with van der Waals surface area (Å²) in [5.74, 6) is 0.628. The van der Waals surface area contributed by atoms with Gasteiger partial charge in [-0.05, 0) is 57.0 Å². The summed E-state index contributed by atoms with van der Waals surface area (Å²) in [6, 6.07) is 7.61. The first kappa shape index (κ1) is 19.4. The van der Waals surface area contributed by atoms with E-state index in [1.165, 1.54) is 0 Å². The number of carbonyl (C=O) groups excluding carboxylic acids is 2. The van der Waals surface area contributed by atoms with Crippen LogP contribution in [-0.2, 0) is 16.0 Å². The molecule has 138 valence electrons. The molecule has 1 aromatic carbocycles. The standard InChI is InChI=1S/C19H28N2O4/c1-14(22)2-3-15-4-6-18(7-5-15)25-13-17(23)12-21-10-8-16(9-11-21)19(20)24/h4-7,16-17,23H,2-3,8-13H2,1H3,(H2,20,24)/t17-/m1/s1. The lowest BCUT2D eigenvalue weighted by molar-refractivity contribution is -0.123. The average Bonchev–Trinajstić information content (AvgIpc) is 2.59. The summed E-state index contributed by atoms with van der Waals surface area (Å²) in [5.41, 5.74) is 6.42. The van der Waals surface area contributed by atoms with Crippen LogP contribution in [0.3, 0.4) is 0 Å². The number of hydrogen-bond acceptors (Lipinski definition) is 5. The van der Waals surface area contributed by atoms with Crippen molar-refractivity contribution in [1.82, 2.24) is 4.90 Å². The molecule has 25 heavy (non-hydrogen) atoms. The summed E-state index contributed by atoms with van der Waals surface area (Å²) in [5, 5.41) is 10.1. The van der Waals surface area contributed by atoms with Crippen molar-refractivity contribution in [3.05, 3.63) is 29.8 Å². The van der Waals surface area contributed by atoms with Gasteiger partial charge >= 0.3 is 0 Å². The van der Waals surface area contributed by atoms with Crippen molar-refractivity contribution >= 4 is 11.7 Å². The number of hydrogen-bond donors (Lipinski definition) is 2. The largest absolute Gasteiger partial charge is 0.491 e. The second kappa shape index (κ2) is 9.53. The number of β-amino-alcohol motifs (C(OH)–C–C–N with tert-alkyl or cyclic N) is 1. The van der Waals surface area contributed by atoms with Gasteiger partial charge < -0.3 is 25.3 Å². The summed E-state index contributed by atoms with van der Waals surface area (Å²) in [4.78, 5) is 24.3. The fourth-order valence-corrected chi connectivity index (χ4v) is 3.02. The molecular formula is C19H28N2O4. The lowest BCUT2D eigenvalue weighted by Crippen LogP contribution is -2.43. The summed E-state index contributed by atoms with van der Waals surface area (Å²) in [7, 11) is 0. The number of carbonyl (C=O) groups is 2. The topological polar surface area (TPSA) is 92.9 Å². The van der Waals surface area contributed by atoms with E-state index in [2.05, 4.69) is 4.90 Å². The molecule has 1 heterocycles. The number of primary amides is 1. The van der Waals surface area contributed by atoms with E-state index in [-0.39, 0.29) is 24.2 Å². The van der Waals surface area contributed by atoms with Gasteiger partial charge in [0.05, 0.1) is 0 Å². The lowest BCUT2D eigenvalue weighted by atomic mass is 9.96. The number of nitrogens with two attached hydrogens (primary N) is 1. The van der Waals surface area contributed by atoms with Gasteiger partial charge in [0.25, 0.3) is 0 Å². The number of likely N-dealkylation sites (tertiary alicyclic amines) is 1. The number of benzene rings is 1. The molecule has 1 fully saturated rings. The van der Waals surface area contributed by atoms with Gasteiger partial charge in [-0.25, -0.2) is 0 Å². The van der Waals surface area contributed by atoms with Crippen LogP contribution in [0.15, 0.2) is 24.3 Å². The fraction of sp³-hybridized carbons (Fsp3) is 0.579. The Kier molecular flexibility index (Phi) is 7.40. The number of nitrogens with zero attached hydrogens (tertiary/aromatic N) is 1. The first-order valence-corrected chi connectivity index (χ1v) is 8.85. The number of aryl methyl sites for hydroxylation is 1. The minimum absolute atomic E-state index is 0.0360. The lowest BCUT2D eigenvalue weighted by Gasteiger charge is -2.31. The normalized spacial score (nSPS) is 17.2. The summed E-state index contributed by atoms with van der Waals surface area (Å²) in [6.45, 7) is 3.89. The zero-order valence-corrected chi connectivity index (χ0v) is 14.8. The third-order valence-corrected chi connectivity index (χ3v) is 4.59. The van der Waals surface area contributed by atoms with Crippen LogP contribution in [0.25, 0.3) is 0 Å². The molecule has 0 spiro atoms. The zero-order chi connectivity index (χ0) is 18.2. The van der Waals surface area contributed by atoms with E-state index in [4.69, 9.17) is 10.5 Å². The van der Waals surface area contributed by atoms with Crippen molar-refractivity contribution in [3.8, 4) is 5.75 Å². The van der Waals surface area contributed by atoms with Crippen molar-refractivity contribution in [2.45, 2.75) is 38.7 Å². The molecule has 2 rings (SSSR count). The van der Waals surface area contributed by atoms with Crippen molar-refractivity contribution in [1.29, 1.82) is 0 Å². The van der Waals surface area contributed by atoms with Gasteiger partial charge in [0.15, 0.2) is 0 Å². The molecule has 1 aromatic rings. The van der Waals surface area contributed by atoms with Gasteiger partial charge in [-0.3, -0.25) is 4.79 Å². The maximum Gasteiger partial charge on any atom is 0.220 e. The Morgan fingerprint density at radius 1 is 1.28 bits per heavy atom. The van der Waals surface area contributed by atoms with Crippen molar-refractivity contribution in [2.75, 3.05) is 26.2 Å². The van der Waals surface area contributed by atoms with E-state index in [0.29, 0.717) is 18.7 Å². The number of Topliss-reactive ketones (excluding diaryl/α,β-unsaturated/α-hetero) is 1. The molecule has 6 heteroatoms. The highest BCUT2D eigenvalue weighted by molar-refractivity contribution is 5.76. The van der Waals surface area contributed by atoms with Crippen LogP contribution < -0.4 is 10.5 Å². The molecule has 1 saturated heterocycles. The van der Waals surface area contributed by atoms with Gasteiger partial charge in [-0.2, -0.15) is 0 Å². The molecule has 1 atom stereocenters. The number of ketones is 1.